The molecule has 2 N–H and O–H groups in total. The maximum atomic E-state index is 14.3. The molecule has 0 fully saturated rings. The third-order valence-electron chi connectivity index (χ3n) is 3.87. The zero-order valence-electron chi connectivity index (χ0n) is 14.6. The molecule has 7 heteroatoms. The van der Waals surface area contributed by atoms with Gasteiger partial charge in [0.25, 0.3) is 5.89 Å². The number of carbonyl (C=O) groups excluding carboxylic acids is 1. The lowest BCUT2D eigenvalue weighted by Gasteiger charge is -2.05. The fraction of sp³-hybridized carbons (Fsp3) is 0.150. The Morgan fingerprint density at radius 1 is 1.26 bits per heavy atom. The Kier molecular flexibility index (Phi) is 5.73. The fourth-order valence-electron chi connectivity index (χ4n) is 2.36. The van der Waals surface area contributed by atoms with E-state index in [1.165, 1.54) is 12.1 Å². The van der Waals surface area contributed by atoms with Gasteiger partial charge in [-0.05, 0) is 24.6 Å². The molecule has 27 heavy (non-hydrogen) atoms. The maximum Gasteiger partial charge on any atom is 0.252 e. The van der Waals surface area contributed by atoms with E-state index in [9.17, 15) is 9.18 Å². The summed E-state index contributed by atoms with van der Waals surface area (Å²) in [5.74, 6) is -0.563. The van der Waals surface area contributed by atoms with Crippen molar-refractivity contribution in [3.63, 3.8) is 0 Å². The van der Waals surface area contributed by atoms with Crippen molar-refractivity contribution in [2.24, 2.45) is 0 Å². The first-order valence-corrected chi connectivity index (χ1v) is 8.30. The van der Waals surface area contributed by atoms with Crippen LogP contribution in [-0.2, 0) is 17.9 Å². The van der Waals surface area contributed by atoms with Crippen LogP contribution in [0.2, 0.25) is 0 Å². The van der Waals surface area contributed by atoms with Crippen molar-refractivity contribution < 1.29 is 18.8 Å². The molecule has 1 aromatic heterocycles. The van der Waals surface area contributed by atoms with E-state index in [1.807, 2.05) is 31.2 Å². The molecule has 0 aliphatic carbocycles. The summed E-state index contributed by atoms with van der Waals surface area (Å²) in [4.78, 5) is 15.8. The van der Waals surface area contributed by atoms with Crippen LogP contribution in [0.3, 0.4) is 0 Å². The summed E-state index contributed by atoms with van der Waals surface area (Å²) in [6.45, 7) is 1.66. The van der Waals surface area contributed by atoms with E-state index in [4.69, 9.17) is 9.63 Å². The van der Waals surface area contributed by atoms with Crippen molar-refractivity contribution in [3.05, 3.63) is 76.9 Å². The molecule has 6 nitrogen and oxygen atoms in total. The average molecular weight is 367 g/mol. The lowest BCUT2D eigenvalue weighted by Crippen LogP contribution is -2.20. The molecule has 0 unspecified atom stereocenters. The number of nitrogens with one attached hydrogen (secondary N) is 1. The predicted molar refractivity (Wildman–Crippen MR) is 97.7 cm³/mol. The number of amides is 1. The predicted octanol–water partition coefficient (Wildman–Crippen LogP) is 3.01. The molecule has 0 bridgehead atoms. The molecular formula is C20H18FN3O3. The number of carbonyl (C=O) groups is 1. The van der Waals surface area contributed by atoms with Gasteiger partial charge in [-0.15, -0.1) is 0 Å². The Hall–Kier alpha value is -3.32. The highest BCUT2D eigenvalue weighted by Crippen LogP contribution is 2.19. The molecule has 3 rings (SSSR count). The summed E-state index contributed by atoms with van der Waals surface area (Å²) in [5, 5.41) is 15.2. The van der Waals surface area contributed by atoms with E-state index < -0.39 is 5.82 Å². The standard InChI is InChI=1S/C20H18FN3O3/c1-13-2-4-14(5-3-13)6-9-18(26)22-11-16-8-7-15(10-17(16)21)20-23-19(12-25)27-24-20/h2-10,25H,11-12H2,1H3,(H,22,26)/b9-6+. The van der Waals surface area contributed by atoms with Gasteiger partial charge >= 0.3 is 0 Å². The molecule has 1 heterocycles. The Labute approximate surface area is 155 Å². The number of benzene rings is 2. The van der Waals surface area contributed by atoms with E-state index >= 15 is 0 Å². The van der Waals surface area contributed by atoms with E-state index in [0.29, 0.717) is 11.1 Å². The van der Waals surface area contributed by atoms with Crippen LogP contribution in [0.5, 0.6) is 0 Å². The second-order valence-electron chi connectivity index (χ2n) is 5.94. The highest BCUT2D eigenvalue weighted by atomic mass is 19.1. The van der Waals surface area contributed by atoms with Crippen LogP contribution in [0.4, 0.5) is 4.39 Å². The van der Waals surface area contributed by atoms with Gasteiger partial charge in [0.2, 0.25) is 11.7 Å². The molecule has 0 aliphatic heterocycles. The highest BCUT2D eigenvalue weighted by molar-refractivity contribution is 5.91. The summed E-state index contributed by atoms with van der Waals surface area (Å²) in [6, 6.07) is 12.2. The number of aryl methyl sites for hydroxylation is 1. The number of aliphatic hydroxyl groups is 1. The van der Waals surface area contributed by atoms with Gasteiger partial charge in [0.15, 0.2) is 0 Å². The van der Waals surface area contributed by atoms with Crippen molar-refractivity contribution in [2.45, 2.75) is 20.1 Å². The fourth-order valence-corrected chi connectivity index (χ4v) is 2.36. The summed E-state index contributed by atoms with van der Waals surface area (Å²) in [6.07, 6.45) is 3.11. The van der Waals surface area contributed by atoms with Crippen molar-refractivity contribution >= 4 is 12.0 Å². The lowest BCUT2D eigenvalue weighted by molar-refractivity contribution is -0.116. The summed E-state index contributed by atoms with van der Waals surface area (Å²) in [7, 11) is 0. The molecule has 2 aromatic carbocycles. The van der Waals surface area contributed by atoms with Gasteiger partial charge in [0.1, 0.15) is 12.4 Å². The summed E-state index contributed by atoms with van der Waals surface area (Å²) in [5.41, 5.74) is 2.81. The summed E-state index contributed by atoms with van der Waals surface area (Å²) >= 11 is 0. The minimum Gasteiger partial charge on any atom is -0.387 e. The van der Waals surface area contributed by atoms with Crippen molar-refractivity contribution in [2.75, 3.05) is 0 Å². The Morgan fingerprint density at radius 3 is 2.70 bits per heavy atom. The lowest BCUT2D eigenvalue weighted by atomic mass is 10.1. The van der Waals surface area contributed by atoms with Crippen molar-refractivity contribution in [3.8, 4) is 11.4 Å². The van der Waals surface area contributed by atoms with Gasteiger partial charge < -0.3 is 14.9 Å². The molecule has 0 spiro atoms. The first kappa shape index (κ1) is 18.5. The Balaban J connectivity index is 1.60. The largest absolute Gasteiger partial charge is 0.387 e. The van der Waals surface area contributed by atoms with Crippen LogP contribution in [0.25, 0.3) is 17.5 Å². The molecule has 0 saturated heterocycles. The molecule has 138 valence electrons. The van der Waals surface area contributed by atoms with Crippen molar-refractivity contribution in [1.29, 1.82) is 0 Å². The number of nitrogens with zero attached hydrogens (tertiary/aromatic N) is 2. The number of hydrogen-bond acceptors (Lipinski definition) is 5. The zero-order valence-corrected chi connectivity index (χ0v) is 14.6. The van der Waals surface area contributed by atoms with E-state index in [0.717, 1.165) is 11.1 Å². The SMILES string of the molecule is Cc1ccc(/C=C/C(=O)NCc2ccc(-c3noc(CO)n3)cc2F)cc1. The third-order valence-corrected chi connectivity index (χ3v) is 3.87. The number of aromatic nitrogens is 2. The Morgan fingerprint density at radius 2 is 2.04 bits per heavy atom. The van der Waals surface area contributed by atoms with Crippen LogP contribution < -0.4 is 5.32 Å². The minimum absolute atomic E-state index is 0.0529. The van der Waals surface area contributed by atoms with Gasteiger partial charge in [-0.2, -0.15) is 4.98 Å². The van der Waals surface area contributed by atoms with Gasteiger partial charge in [0, 0.05) is 23.7 Å². The average Bonchev–Trinajstić information content (AvgIpc) is 3.16. The second kappa shape index (κ2) is 8.37. The van der Waals surface area contributed by atoms with Gasteiger partial charge in [-0.1, -0.05) is 47.1 Å². The zero-order chi connectivity index (χ0) is 19.2. The van der Waals surface area contributed by atoms with Crippen LogP contribution in [0.1, 0.15) is 22.6 Å². The molecule has 0 atom stereocenters. The van der Waals surface area contributed by atoms with Crippen LogP contribution in [0, 0.1) is 12.7 Å². The second-order valence-corrected chi connectivity index (χ2v) is 5.94. The number of hydrogen-bond donors (Lipinski definition) is 2. The first-order valence-electron chi connectivity index (χ1n) is 8.30. The molecule has 0 radical (unpaired) electrons. The van der Waals surface area contributed by atoms with Crippen LogP contribution in [-0.4, -0.2) is 21.2 Å². The summed E-state index contributed by atoms with van der Waals surface area (Å²) < 4.78 is 19.0. The Bertz CT molecular complexity index is 965. The van der Waals surface area contributed by atoms with E-state index in [1.54, 1.807) is 18.2 Å². The van der Waals surface area contributed by atoms with Crippen molar-refractivity contribution in [1.82, 2.24) is 15.5 Å². The first-order chi connectivity index (χ1) is 13.0. The van der Waals surface area contributed by atoms with Gasteiger partial charge in [0.05, 0.1) is 0 Å². The molecule has 0 aliphatic rings. The number of rotatable bonds is 6. The number of aliphatic hydroxyl groups excluding tert-OH is 1. The van der Waals surface area contributed by atoms with E-state index in [2.05, 4.69) is 15.5 Å². The highest BCUT2D eigenvalue weighted by Gasteiger charge is 2.11. The topological polar surface area (TPSA) is 88.2 Å². The monoisotopic (exact) mass is 367 g/mol. The molecule has 1 amide bonds. The third kappa shape index (κ3) is 4.86. The van der Waals surface area contributed by atoms with Gasteiger partial charge in [-0.3, -0.25) is 4.79 Å². The molecule has 0 saturated carbocycles. The van der Waals surface area contributed by atoms with Crippen LogP contribution >= 0.6 is 0 Å². The molecule has 3 aromatic rings. The smallest absolute Gasteiger partial charge is 0.252 e. The van der Waals surface area contributed by atoms with Crippen LogP contribution in [0.15, 0.2) is 53.1 Å². The minimum atomic E-state index is -0.495. The normalized spacial score (nSPS) is 11.1. The quantitative estimate of drug-likeness (QED) is 0.654. The van der Waals surface area contributed by atoms with Gasteiger partial charge in [-0.25, -0.2) is 4.39 Å². The number of halogens is 1. The maximum absolute atomic E-state index is 14.3. The van der Waals surface area contributed by atoms with E-state index in [-0.39, 0.29) is 30.8 Å². The molecular weight excluding hydrogens is 349 g/mol.